The molecule has 1 heterocycles. The lowest BCUT2D eigenvalue weighted by molar-refractivity contribution is -0.139. The second kappa shape index (κ2) is 4.72. The van der Waals surface area contributed by atoms with Gasteiger partial charge in [0, 0.05) is 6.04 Å². The fraction of sp³-hybridized carbons (Fsp3) is 0.364. The molecule has 0 aliphatic carbocycles. The highest BCUT2D eigenvalue weighted by molar-refractivity contribution is 5.85. The van der Waals surface area contributed by atoms with E-state index in [2.05, 4.69) is 5.32 Å². The van der Waals surface area contributed by atoms with Crippen LogP contribution in [-0.4, -0.2) is 22.2 Å². The van der Waals surface area contributed by atoms with Crippen LogP contribution in [0.25, 0.3) is 0 Å². The van der Waals surface area contributed by atoms with E-state index in [1.54, 1.807) is 18.2 Å². The molecule has 1 aromatic rings. The van der Waals surface area contributed by atoms with Gasteiger partial charge in [-0.1, -0.05) is 6.07 Å². The van der Waals surface area contributed by atoms with Gasteiger partial charge in [-0.15, -0.1) is 12.4 Å². The first-order valence-corrected chi connectivity index (χ1v) is 4.88. The number of nitrogens with one attached hydrogen (secondary N) is 1. The molecule has 3 N–H and O–H groups in total. The van der Waals surface area contributed by atoms with E-state index in [4.69, 9.17) is 5.11 Å². The van der Waals surface area contributed by atoms with E-state index in [1.807, 2.05) is 6.92 Å². The first kappa shape index (κ1) is 12.8. The van der Waals surface area contributed by atoms with Gasteiger partial charge < -0.3 is 10.2 Å². The second-order valence-electron chi connectivity index (χ2n) is 3.87. The Morgan fingerprint density at radius 3 is 2.81 bits per heavy atom. The summed E-state index contributed by atoms with van der Waals surface area (Å²) < 4.78 is 0. The minimum absolute atomic E-state index is 0. The lowest BCUT2D eigenvalue weighted by Gasteiger charge is -2.28. The summed E-state index contributed by atoms with van der Waals surface area (Å²) in [5.74, 6) is -0.614. The smallest absolute Gasteiger partial charge is 0.321 e. The van der Waals surface area contributed by atoms with E-state index < -0.39 is 12.0 Å². The number of phenolic OH excluding ortho intramolecular Hbond substituents is 1. The first-order valence-electron chi connectivity index (χ1n) is 4.88. The highest BCUT2D eigenvalue weighted by Crippen LogP contribution is 2.28. The zero-order valence-electron chi connectivity index (χ0n) is 8.80. The Hall–Kier alpha value is -1.26. The van der Waals surface area contributed by atoms with Gasteiger partial charge in [0.1, 0.15) is 11.8 Å². The Kier molecular flexibility index (Phi) is 3.78. The first-order chi connectivity index (χ1) is 7.08. The van der Waals surface area contributed by atoms with Gasteiger partial charge in [-0.25, -0.2) is 0 Å². The maximum Gasteiger partial charge on any atom is 0.321 e. The maximum atomic E-state index is 10.9. The number of carboxylic acids is 1. The molecule has 0 spiro atoms. The average Bonchev–Trinajstić information content (AvgIpc) is 2.18. The fourth-order valence-corrected chi connectivity index (χ4v) is 2.00. The van der Waals surface area contributed by atoms with Gasteiger partial charge in [0.25, 0.3) is 0 Å². The van der Waals surface area contributed by atoms with E-state index in [0.29, 0.717) is 6.42 Å². The van der Waals surface area contributed by atoms with Gasteiger partial charge in [-0.2, -0.15) is 0 Å². The van der Waals surface area contributed by atoms with Gasteiger partial charge in [0.05, 0.1) is 0 Å². The molecular formula is C11H14ClNO3. The maximum absolute atomic E-state index is 10.9. The van der Waals surface area contributed by atoms with Crippen molar-refractivity contribution < 1.29 is 15.0 Å². The Morgan fingerprint density at radius 2 is 2.19 bits per heavy atom. The van der Waals surface area contributed by atoms with E-state index in [9.17, 15) is 9.90 Å². The molecule has 1 aliphatic rings. The Bertz CT molecular complexity index is 408. The van der Waals surface area contributed by atoms with Crippen LogP contribution in [0.5, 0.6) is 5.75 Å². The monoisotopic (exact) mass is 243 g/mol. The van der Waals surface area contributed by atoms with Crippen LogP contribution in [0.15, 0.2) is 18.2 Å². The average molecular weight is 244 g/mol. The number of hydrogen-bond donors (Lipinski definition) is 3. The van der Waals surface area contributed by atoms with Crippen molar-refractivity contribution >= 4 is 18.4 Å². The predicted octanol–water partition coefficient (Wildman–Crippen LogP) is 1.47. The normalized spacial score (nSPS) is 23.1. The van der Waals surface area contributed by atoms with Crippen molar-refractivity contribution in [1.82, 2.24) is 5.32 Å². The summed E-state index contributed by atoms with van der Waals surface area (Å²) in [6, 6.07) is 4.50. The lowest BCUT2D eigenvalue weighted by atomic mass is 9.91. The Balaban J connectivity index is 0.00000128. The molecule has 0 saturated carbocycles. The van der Waals surface area contributed by atoms with Crippen LogP contribution in [-0.2, 0) is 11.2 Å². The van der Waals surface area contributed by atoms with Gasteiger partial charge in [-0.3, -0.25) is 10.1 Å². The summed E-state index contributed by atoms with van der Waals surface area (Å²) >= 11 is 0. The lowest BCUT2D eigenvalue weighted by Crippen LogP contribution is -2.43. The number of carboxylic acid groups (broad SMARTS) is 1. The van der Waals surface area contributed by atoms with Crippen molar-refractivity contribution in [3.8, 4) is 5.75 Å². The largest absolute Gasteiger partial charge is 0.508 e. The standard InChI is InChI=1S/C11H13NO3.ClH/c1-6-9-5-8(13)3-2-7(9)4-10(12-6)11(14)15;/h2-3,5-6,10,12-13H,4H2,1H3,(H,14,15);1H/t6-,10?;/m1./s1. The van der Waals surface area contributed by atoms with Gasteiger partial charge in [0.15, 0.2) is 0 Å². The molecule has 0 saturated heterocycles. The van der Waals surface area contributed by atoms with E-state index in [1.165, 1.54) is 0 Å². The number of aromatic hydroxyl groups is 1. The molecule has 1 unspecified atom stereocenters. The molecule has 4 nitrogen and oxygen atoms in total. The third kappa shape index (κ3) is 2.28. The van der Waals surface area contributed by atoms with Crippen molar-refractivity contribution in [3.63, 3.8) is 0 Å². The fourth-order valence-electron chi connectivity index (χ4n) is 2.00. The molecule has 1 aliphatic heterocycles. The molecule has 5 heteroatoms. The SMILES string of the molecule is C[C@H]1NC(C(=O)O)Cc2ccc(O)cc21.Cl. The minimum atomic E-state index is -0.833. The van der Waals surface area contributed by atoms with Crippen LogP contribution < -0.4 is 5.32 Å². The zero-order valence-corrected chi connectivity index (χ0v) is 9.62. The molecule has 2 atom stereocenters. The number of benzene rings is 1. The highest BCUT2D eigenvalue weighted by Gasteiger charge is 2.27. The number of carbonyl (C=O) groups is 1. The molecule has 0 fully saturated rings. The van der Waals surface area contributed by atoms with E-state index in [0.717, 1.165) is 11.1 Å². The zero-order chi connectivity index (χ0) is 11.0. The summed E-state index contributed by atoms with van der Waals surface area (Å²) in [4.78, 5) is 10.9. The number of aliphatic carboxylic acids is 1. The van der Waals surface area contributed by atoms with Crippen molar-refractivity contribution in [1.29, 1.82) is 0 Å². The number of halogens is 1. The van der Waals surface area contributed by atoms with Crippen molar-refractivity contribution in [2.75, 3.05) is 0 Å². The van der Waals surface area contributed by atoms with Gasteiger partial charge in [0.2, 0.25) is 0 Å². The van der Waals surface area contributed by atoms with Gasteiger partial charge in [-0.05, 0) is 36.6 Å². The molecular weight excluding hydrogens is 230 g/mol. The van der Waals surface area contributed by atoms with Crippen LogP contribution >= 0.6 is 12.4 Å². The highest BCUT2D eigenvalue weighted by atomic mass is 35.5. The number of phenols is 1. The molecule has 2 rings (SSSR count). The van der Waals surface area contributed by atoms with Crippen LogP contribution in [0.3, 0.4) is 0 Å². The van der Waals surface area contributed by atoms with Crippen LogP contribution in [0.4, 0.5) is 0 Å². The topological polar surface area (TPSA) is 69.6 Å². The van der Waals surface area contributed by atoms with Crippen molar-refractivity contribution in [2.24, 2.45) is 0 Å². The number of rotatable bonds is 1. The van der Waals surface area contributed by atoms with Crippen molar-refractivity contribution in [2.45, 2.75) is 25.4 Å². The second-order valence-corrected chi connectivity index (χ2v) is 3.87. The third-order valence-electron chi connectivity index (χ3n) is 2.77. The molecule has 1 aromatic carbocycles. The Labute approximate surface area is 99.7 Å². The van der Waals surface area contributed by atoms with E-state index in [-0.39, 0.29) is 24.2 Å². The van der Waals surface area contributed by atoms with Crippen molar-refractivity contribution in [3.05, 3.63) is 29.3 Å². The van der Waals surface area contributed by atoms with Crippen LogP contribution in [0.2, 0.25) is 0 Å². The third-order valence-corrected chi connectivity index (χ3v) is 2.77. The summed E-state index contributed by atoms with van der Waals surface area (Å²) in [6.45, 7) is 1.90. The number of fused-ring (bicyclic) bond motifs is 1. The Morgan fingerprint density at radius 1 is 1.50 bits per heavy atom. The summed E-state index contributed by atoms with van der Waals surface area (Å²) in [7, 11) is 0. The molecule has 16 heavy (non-hydrogen) atoms. The van der Waals surface area contributed by atoms with Crippen LogP contribution in [0.1, 0.15) is 24.1 Å². The summed E-state index contributed by atoms with van der Waals surface area (Å²) in [5.41, 5.74) is 1.97. The molecule has 0 aromatic heterocycles. The molecule has 88 valence electrons. The summed E-state index contributed by atoms with van der Waals surface area (Å²) in [5, 5.41) is 21.2. The minimum Gasteiger partial charge on any atom is -0.508 e. The number of hydrogen-bond acceptors (Lipinski definition) is 3. The van der Waals surface area contributed by atoms with Crippen LogP contribution in [0, 0.1) is 0 Å². The molecule has 0 radical (unpaired) electrons. The molecule has 0 bridgehead atoms. The quantitative estimate of drug-likeness (QED) is 0.699. The molecule has 0 amide bonds. The predicted molar refractivity (Wildman–Crippen MR) is 62.0 cm³/mol. The van der Waals surface area contributed by atoms with E-state index >= 15 is 0 Å². The van der Waals surface area contributed by atoms with Gasteiger partial charge >= 0.3 is 5.97 Å². The summed E-state index contributed by atoms with van der Waals surface area (Å²) in [6.07, 6.45) is 0.468.